The van der Waals surface area contributed by atoms with Crippen LogP contribution in [0.25, 0.3) is 22.2 Å². The molecule has 3 saturated heterocycles. The highest BCUT2D eigenvalue weighted by Gasteiger charge is 2.30. The van der Waals surface area contributed by atoms with Crippen LogP contribution in [0.2, 0.25) is 0 Å². The fourth-order valence-corrected chi connectivity index (χ4v) is 8.46. The average Bonchev–Trinajstić information content (AvgIpc) is 3.60. The van der Waals surface area contributed by atoms with Gasteiger partial charge in [-0.05, 0) is 100 Å². The van der Waals surface area contributed by atoms with Gasteiger partial charge in [-0.2, -0.15) is 4.98 Å². The minimum Gasteiger partial charge on any atom is -0.324 e. The predicted molar refractivity (Wildman–Crippen MR) is 190 cm³/mol. The number of pyridine rings is 2. The molecule has 0 amide bonds. The van der Waals surface area contributed by atoms with Crippen molar-refractivity contribution in [3.05, 3.63) is 76.0 Å². The molecule has 6 heterocycles. The van der Waals surface area contributed by atoms with Crippen molar-refractivity contribution in [2.24, 2.45) is 0 Å². The zero-order chi connectivity index (χ0) is 32.7. The molecule has 2 atom stereocenters. The number of nitrogens with one attached hydrogen (secondary N) is 2. The minimum absolute atomic E-state index is 0.120. The van der Waals surface area contributed by atoms with Crippen molar-refractivity contribution < 1.29 is 9.11 Å². The number of hydrogen-bond acceptors (Lipinski definition) is 10. The van der Waals surface area contributed by atoms with E-state index in [2.05, 4.69) is 64.8 Å². The van der Waals surface area contributed by atoms with Gasteiger partial charge in [-0.25, -0.2) is 9.29 Å². The first-order valence-electron chi connectivity index (χ1n) is 16.8. The van der Waals surface area contributed by atoms with Crippen LogP contribution in [0.3, 0.4) is 0 Å². The van der Waals surface area contributed by atoms with E-state index in [-0.39, 0.29) is 17.6 Å². The van der Waals surface area contributed by atoms with Crippen molar-refractivity contribution in [3.63, 3.8) is 0 Å². The fraction of sp³-hybridized carbons (Fsp3) is 0.486. The Hall–Kier alpha value is -3.39. The molecule has 3 aromatic heterocycles. The molecule has 3 aliphatic rings. The maximum Gasteiger partial charge on any atom is 0.260 e. The van der Waals surface area contributed by atoms with Crippen LogP contribution in [0, 0.1) is 6.92 Å². The smallest absolute Gasteiger partial charge is 0.260 e. The molecule has 0 saturated carbocycles. The van der Waals surface area contributed by atoms with Gasteiger partial charge in [0.05, 0.1) is 11.7 Å². The highest BCUT2D eigenvalue weighted by atomic mass is 32.3. The summed E-state index contributed by atoms with van der Waals surface area (Å²) in [6.45, 7) is 6.14. The van der Waals surface area contributed by atoms with Crippen molar-refractivity contribution in [2.45, 2.75) is 63.5 Å². The Morgan fingerprint density at radius 3 is 2.43 bits per heavy atom. The van der Waals surface area contributed by atoms with Gasteiger partial charge in [0.2, 0.25) is 5.95 Å². The van der Waals surface area contributed by atoms with Crippen LogP contribution in [0.1, 0.15) is 73.3 Å². The van der Waals surface area contributed by atoms with E-state index in [1.165, 1.54) is 24.7 Å². The molecule has 7 rings (SSSR count). The van der Waals surface area contributed by atoms with E-state index in [4.69, 9.17) is 9.97 Å². The molecular weight excluding hydrogens is 613 g/mol. The first kappa shape index (κ1) is 32.2. The number of aromatic nitrogens is 4. The monoisotopic (exact) mass is 658 g/mol. The van der Waals surface area contributed by atoms with E-state index in [0.29, 0.717) is 49.0 Å². The number of piperidine rings is 2. The van der Waals surface area contributed by atoms with Crippen LogP contribution in [0.4, 0.5) is 11.6 Å². The molecule has 4 N–H and O–H groups in total. The molecule has 12 heteroatoms. The molecule has 3 aliphatic heterocycles. The number of benzene rings is 1. The van der Waals surface area contributed by atoms with Gasteiger partial charge in [0.1, 0.15) is 5.65 Å². The number of anilines is 2. The third kappa shape index (κ3) is 6.67. The van der Waals surface area contributed by atoms with E-state index in [9.17, 15) is 13.9 Å². The third-order valence-electron chi connectivity index (χ3n) is 10.3. The van der Waals surface area contributed by atoms with Gasteiger partial charge in [-0.3, -0.25) is 28.4 Å². The molecule has 2 unspecified atom stereocenters. The van der Waals surface area contributed by atoms with E-state index in [1.54, 1.807) is 10.5 Å². The molecule has 4 aromatic rings. The van der Waals surface area contributed by atoms with E-state index >= 15 is 0 Å². The van der Waals surface area contributed by atoms with Crippen LogP contribution in [0.15, 0.2) is 53.6 Å². The molecule has 11 nitrogen and oxygen atoms in total. The second kappa shape index (κ2) is 13.3. The lowest BCUT2D eigenvalue weighted by molar-refractivity contribution is 0.183. The lowest BCUT2D eigenvalue weighted by Crippen LogP contribution is -2.39. The summed E-state index contributed by atoms with van der Waals surface area (Å²) in [6, 6.07) is 12.6. The zero-order valence-corrected chi connectivity index (χ0v) is 28.3. The van der Waals surface area contributed by atoms with Crippen LogP contribution >= 0.6 is 10.8 Å². The van der Waals surface area contributed by atoms with Gasteiger partial charge in [-0.15, -0.1) is 10.8 Å². The van der Waals surface area contributed by atoms with Crippen LogP contribution in [-0.4, -0.2) is 83.9 Å². The molecular formula is C35H46N8O3S. The molecule has 0 bridgehead atoms. The van der Waals surface area contributed by atoms with Crippen LogP contribution in [-0.2, 0) is 0 Å². The molecule has 250 valence electrons. The number of likely N-dealkylation sites (tertiary alicyclic amines) is 1. The summed E-state index contributed by atoms with van der Waals surface area (Å²) < 4.78 is 24.1. The SMILES string of the molecule is Cc1cc(C2CCCCN2C)ncc1-c1cc2cnc(Nc3ccc(C4CCNC4)cc3)nc2n(C2CCN(S(C)(O)O)CC2)c1=O. The Labute approximate surface area is 277 Å². The summed E-state index contributed by atoms with van der Waals surface area (Å²) in [7, 11) is -0.655. The van der Waals surface area contributed by atoms with Gasteiger partial charge in [-0.1, -0.05) is 18.6 Å². The Morgan fingerprint density at radius 1 is 0.957 bits per heavy atom. The lowest BCUT2D eigenvalue weighted by Gasteiger charge is -2.43. The van der Waals surface area contributed by atoms with E-state index < -0.39 is 10.8 Å². The normalized spacial score (nSPS) is 22.1. The molecule has 0 aliphatic carbocycles. The fourth-order valence-electron chi connectivity index (χ4n) is 7.56. The van der Waals surface area contributed by atoms with Crippen molar-refractivity contribution in [2.75, 3.05) is 51.3 Å². The number of hydrogen-bond donors (Lipinski definition) is 4. The van der Waals surface area contributed by atoms with Crippen molar-refractivity contribution >= 4 is 33.4 Å². The van der Waals surface area contributed by atoms with Gasteiger partial charge < -0.3 is 10.6 Å². The Bertz CT molecular complexity index is 1790. The third-order valence-corrected chi connectivity index (χ3v) is 11.6. The Balaban J connectivity index is 1.25. The van der Waals surface area contributed by atoms with Gasteiger partial charge >= 0.3 is 0 Å². The maximum atomic E-state index is 14.5. The summed E-state index contributed by atoms with van der Waals surface area (Å²) in [4.78, 5) is 31.4. The first-order valence-corrected chi connectivity index (χ1v) is 18.7. The van der Waals surface area contributed by atoms with Crippen molar-refractivity contribution in [3.8, 4) is 11.1 Å². The summed E-state index contributed by atoms with van der Waals surface area (Å²) in [5, 5.41) is 7.55. The highest BCUT2D eigenvalue weighted by Crippen LogP contribution is 2.42. The molecule has 3 fully saturated rings. The summed E-state index contributed by atoms with van der Waals surface area (Å²) in [6.07, 6.45) is 10.9. The number of fused-ring (bicyclic) bond motifs is 1. The summed E-state index contributed by atoms with van der Waals surface area (Å²) in [5.41, 5.74) is 6.11. The van der Waals surface area contributed by atoms with Gasteiger partial charge in [0, 0.05) is 66.5 Å². The van der Waals surface area contributed by atoms with Crippen LogP contribution < -0.4 is 16.2 Å². The quantitative estimate of drug-likeness (QED) is 0.186. The van der Waals surface area contributed by atoms with Gasteiger partial charge in [0.15, 0.2) is 0 Å². The zero-order valence-electron chi connectivity index (χ0n) is 27.5. The second-order valence-electron chi connectivity index (χ2n) is 13.5. The summed E-state index contributed by atoms with van der Waals surface area (Å²) >= 11 is 0. The number of nitrogens with zero attached hydrogens (tertiary/aromatic N) is 6. The average molecular weight is 659 g/mol. The van der Waals surface area contributed by atoms with Crippen molar-refractivity contribution in [1.82, 2.24) is 34.0 Å². The Morgan fingerprint density at radius 2 is 1.74 bits per heavy atom. The predicted octanol–water partition coefficient (Wildman–Crippen LogP) is 6.07. The standard InChI is InChI=1S/C35H46N8O3S/c1-23-18-31(32-6-4-5-15-41(32)2)37-22-30(23)29-19-26-21-38-35(39-27-9-7-24(8-10-27)25-11-14-36-20-25)40-33(26)43(34(29)44)28-12-16-42(17-13-28)47(3,45)46/h7-10,18-19,21-22,25,28,32,36,45-46H,4-6,11-17,20H2,1-3H3,(H,38,39,40). The second-order valence-corrected chi connectivity index (χ2v) is 15.6. The van der Waals surface area contributed by atoms with Gasteiger partial charge in [0.25, 0.3) is 5.56 Å². The Kier molecular flexibility index (Phi) is 9.07. The summed E-state index contributed by atoms with van der Waals surface area (Å²) in [5.74, 6) is 0.962. The molecule has 47 heavy (non-hydrogen) atoms. The minimum atomic E-state index is -2.81. The first-order chi connectivity index (χ1) is 22.7. The molecule has 1 aromatic carbocycles. The van der Waals surface area contributed by atoms with Crippen LogP contribution in [0.5, 0.6) is 0 Å². The van der Waals surface area contributed by atoms with Crippen molar-refractivity contribution in [1.29, 1.82) is 0 Å². The van der Waals surface area contributed by atoms with E-state index in [1.807, 2.05) is 16.8 Å². The largest absolute Gasteiger partial charge is 0.324 e. The number of rotatable bonds is 7. The van der Waals surface area contributed by atoms with E-state index in [0.717, 1.165) is 60.4 Å². The molecule has 0 spiro atoms. The number of aryl methyl sites for hydroxylation is 1. The topological polar surface area (TPSA) is 132 Å². The lowest BCUT2D eigenvalue weighted by atomic mass is 9.96. The highest BCUT2D eigenvalue weighted by molar-refractivity contribution is 8.21. The molecule has 0 radical (unpaired) electrons. The maximum absolute atomic E-state index is 14.5.